The van der Waals surface area contributed by atoms with Gasteiger partial charge in [0.15, 0.2) is 5.60 Å². The van der Waals surface area contributed by atoms with E-state index in [1.54, 1.807) is 13.8 Å². The molecule has 0 radical (unpaired) electrons. The first-order valence-electron chi connectivity index (χ1n) is 8.06. The number of benzene rings is 1. The third kappa shape index (κ3) is 3.69. The zero-order valence-corrected chi connectivity index (χ0v) is 14.8. The lowest BCUT2D eigenvalue weighted by molar-refractivity contribution is -0.152. The quantitative estimate of drug-likeness (QED) is 0.895. The van der Waals surface area contributed by atoms with Crippen LogP contribution in [0.3, 0.4) is 0 Å². The van der Waals surface area contributed by atoms with Crippen LogP contribution < -0.4 is 4.74 Å². The normalized spacial score (nSPS) is 18.1. The summed E-state index contributed by atoms with van der Waals surface area (Å²) in [6.07, 6.45) is 1.12. The van der Waals surface area contributed by atoms with E-state index in [1.165, 1.54) is 5.56 Å². The van der Waals surface area contributed by atoms with Gasteiger partial charge in [-0.1, -0.05) is 18.7 Å². The van der Waals surface area contributed by atoms with Gasteiger partial charge in [-0.15, -0.1) is 0 Å². The molecule has 1 atom stereocenters. The monoisotopic (exact) mass is 317 g/mol. The van der Waals surface area contributed by atoms with Gasteiger partial charge < -0.3 is 14.7 Å². The molecule has 4 nitrogen and oxygen atoms in total. The number of carboxylic acids is 1. The summed E-state index contributed by atoms with van der Waals surface area (Å²) in [5.74, 6) is 0.204. The fraction of sp³-hybridized carbons (Fsp3) is 0.526. The molecule has 0 spiro atoms. The third-order valence-corrected chi connectivity index (χ3v) is 4.55. The largest absolute Gasteiger partial charge is 0.478 e. The Morgan fingerprint density at radius 2 is 1.91 bits per heavy atom. The summed E-state index contributed by atoms with van der Waals surface area (Å²) in [5.41, 5.74) is 3.15. The Labute approximate surface area is 138 Å². The van der Waals surface area contributed by atoms with E-state index in [1.807, 2.05) is 20.8 Å². The van der Waals surface area contributed by atoms with Crippen LogP contribution in [0.4, 0.5) is 0 Å². The van der Waals surface area contributed by atoms with Crippen molar-refractivity contribution in [3.8, 4) is 5.75 Å². The van der Waals surface area contributed by atoms with Crippen molar-refractivity contribution in [3.63, 3.8) is 0 Å². The summed E-state index contributed by atoms with van der Waals surface area (Å²) in [5, 5.41) is 9.25. The molecule has 1 fully saturated rings. The zero-order valence-electron chi connectivity index (χ0n) is 14.8. The maximum Gasteiger partial charge on any atom is 0.347 e. The van der Waals surface area contributed by atoms with E-state index in [4.69, 9.17) is 4.74 Å². The molecule has 4 heteroatoms. The zero-order chi connectivity index (χ0) is 17.4. The average Bonchev–Trinajstić information content (AvgIpc) is 2.92. The standard InChI is InChI=1S/C19H27NO3/c1-12(2)20-8-7-15(11-20)16-9-13(3)17(14(4)10-16)23-19(5,6)18(21)22/h9-10,15H,1,7-8,11H2,2-6H3,(H,21,22). The van der Waals surface area contributed by atoms with Crippen LogP contribution in [0.15, 0.2) is 24.4 Å². The molecule has 1 aromatic rings. The van der Waals surface area contributed by atoms with E-state index < -0.39 is 11.6 Å². The lowest BCUT2D eigenvalue weighted by Crippen LogP contribution is -2.38. The highest BCUT2D eigenvalue weighted by molar-refractivity contribution is 5.77. The Morgan fingerprint density at radius 3 is 2.35 bits per heavy atom. The first-order valence-corrected chi connectivity index (χ1v) is 8.06. The van der Waals surface area contributed by atoms with Gasteiger partial charge in [-0.05, 0) is 57.7 Å². The van der Waals surface area contributed by atoms with Crippen LogP contribution in [0.25, 0.3) is 0 Å². The SMILES string of the molecule is C=C(C)N1CCC(c2cc(C)c(OC(C)(C)C(=O)O)c(C)c2)C1. The van der Waals surface area contributed by atoms with Gasteiger partial charge in [-0.25, -0.2) is 4.79 Å². The number of hydrogen-bond acceptors (Lipinski definition) is 3. The molecule has 0 bridgehead atoms. The minimum atomic E-state index is -1.23. The van der Waals surface area contributed by atoms with Crippen LogP contribution >= 0.6 is 0 Å². The second-order valence-corrected chi connectivity index (χ2v) is 7.07. The summed E-state index contributed by atoms with van der Waals surface area (Å²) < 4.78 is 5.78. The van der Waals surface area contributed by atoms with Gasteiger partial charge in [-0.3, -0.25) is 0 Å². The van der Waals surface area contributed by atoms with Crippen LogP contribution in [0.2, 0.25) is 0 Å². The molecule has 1 unspecified atom stereocenters. The topological polar surface area (TPSA) is 49.8 Å². The number of carboxylic acid groups (broad SMARTS) is 1. The minimum Gasteiger partial charge on any atom is -0.478 e. The summed E-state index contributed by atoms with van der Waals surface area (Å²) in [4.78, 5) is 13.6. The Kier molecular flexibility index (Phi) is 4.73. The van der Waals surface area contributed by atoms with Crippen molar-refractivity contribution in [1.82, 2.24) is 4.90 Å². The number of rotatable bonds is 5. The molecule has 0 aromatic heterocycles. The highest BCUT2D eigenvalue weighted by Gasteiger charge is 2.31. The van der Waals surface area contributed by atoms with E-state index in [9.17, 15) is 9.90 Å². The van der Waals surface area contributed by atoms with Crippen molar-refractivity contribution < 1.29 is 14.6 Å². The third-order valence-electron chi connectivity index (χ3n) is 4.55. The van der Waals surface area contributed by atoms with E-state index in [0.29, 0.717) is 11.7 Å². The van der Waals surface area contributed by atoms with E-state index >= 15 is 0 Å². The molecule has 2 rings (SSSR count). The Bertz CT molecular complexity index is 610. The number of nitrogens with zero attached hydrogens (tertiary/aromatic N) is 1. The molecule has 1 aliphatic rings. The molecule has 1 saturated heterocycles. The number of likely N-dealkylation sites (tertiary alicyclic amines) is 1. The minimum absolute atomic E-state index is 0.491. The Morgan fingerprint density at radius 1 is 1.35 bits per heavy atom. The summed E-state index contributed by atoms with van der Waals surface area (Å²) in [6.45, 7) is 15.2. The van der Waals surface area contributed by atoms with Gasteiger partial charge >= 0.3 is 5.97 Å². The number of carbonyl (C=O) groups is 1. The average molecular weight is 317 g/mol. The number of allylic oxidation sites excluding steroid dienone is 1. The maximum atomic E-state index is 11.3. The molecule has 0 aliphatic carbocycles. The molecular weight excluding hydrogens is 290 g/mol. The van der Waals surface area contributed by atoms with Crippen LogP contribution in [-0.4, -0.2) is 34.7 Å². The molecular formula is C19H27NO3. The lowest BCUT2D eigenvalue weighted by Gasteiger charge is -2.25. The van der Waals surface area contributed by atoms with Gasteiger partial charge in [0.05, 0.1) is 0 Å². The van der Waals surface area contributed by atoms with Gasteiger partial charge in [0.25, 0.3) is 0 Å². The molecule has 1 N–H and O–H groups in total. The van der Waals surface area contributed by atoms with E-state index in [0.717, 1.165) is 36.3 Å². The summed E-state index contributed by atoms with van der Waals surface area (Å²) in [6, 6.07) is 4.26. The number of ether oxygens (including phenoxy) is 1. The van der Waals surface area contributed by atoms with Crippen molar-refractivity contribution in [3.05, 3.63) is 41.1 Å². The van der Waals surface area contributed by atoms with Gasteiger partial charge in [-0.2, -0.15) is 0 Å². The highest BCUT2D eigenvalue weighted by atomic mass is 16.5. The fourth-order valence-corrected chi connectivity index (χ4v) is 3.06. The van der Waals surface area contributed by atoms with Crippen LogP contribution in [0, 0.1) is 13.8 Å². The molecule has 126 valence electrons. The first-order chi connectivity index (χ1) is 10.6. The van der Waals surface area contributed by atoms with Gasteiger partial charge in [0, 0.05) is 24.7 Å². The van der Waals surface area contributed by atoms with Crippen LogP contribution in [-0.2, 0) is 4.79 Å². The Balaban J connectivity index is 2.24. The second kappa shape index (κ2) is 6.26. The molecule has 1 aliphatic heterocycles. The van der Waals surface area contributed by atoms with Gasteiger partial charge in [0.2, 0.25) is 0 Å². The van der Waals surface area contributed by atoms with E-state index in [2.05, 4.69) is 23.6 Å². The molecule has 1 heterocycles. The molecule has 1 aromatic carbocycles. The molecule has 23 heavy (non-hydrogen) atoms. The van der Waals surface area contributed by atoms with Crippen molar-refractivity contribution in [2.75, 3.05) is 13.1 Å². The highest BCUT2D eigenvalue weighted by Crippen LogP contribution is 2.35. The predicted octanol–water partition coefficient (Wildman–Crippen LogP) is 3.87. The number of aryl methyl sites for hydroxylation is 2. The van der Waals surface area contributed by atoms with Gasteiger partial charge in [0.1, 0.15) is 5.75 Å². The predicted molar refractivity (Wildman–Crippen MR) is 92.0 cm³/mol. The summed E-state index contributed by atoms with van der Waals surface area (Å²) in [7, 11) is 0. The Hall–Kier alpha value is -1.97. The number of hydrogen-bond donors (Lipinski definition) is 1. The van der Waals surface area contributed by atoms with Crippen molar-refractivity contribution in [2.24, 2.45) is 0 Å². The second-order valence-electron chi connectivity index (χ2n) is 7.07. The van der Waals surface area contributed by atoms with Crippen molar-refractivity contribution >= 4 is 5.97 Å². The van der Waals surface area contributed by atoms with Crippen molar-refractivity contribution in [2.45, 2.75) is 52.6 Å². The van der Waals surface area contributed by atoms with E-state index in [-0.39, 0.29) is 0 Å². The fourth-order valence-electron chi connectivity index (χ4n) is 3.06. The molecule has 0 amide bonds. The lowest BCUT2D eigenvalue weighted by atomic mass is 9.94. The summed E-state index contributed by atoms with van der Waals surface area (Å²) >= 11 is 0. The van der Waals surface area contributed by atoms with Crippen molar-refractivity contribution in [1.29, 1.82) is 0 Å². The smallest absolute Gasteiger partial charge is 0.347 e. The first kappa shape index (κ1) is 17.4. The van der Waals surface area contributed by atoms with Crippen LogP contribution in [0.1, 0.15) is 49.8 Å². The maximum absolute atomic E-state index is 11.3. The number of aliphatic carboxylic acids is 1. The van der Waals surface area contributed by atoms with Crippen LogP contribution in [0.5, 0.6) is 5.75 Å². The molecule has 0 saturated carbocycles.